The van der Waals surface area contributed by atoms with Gasteiger partial charge < -0.3 is 9.47 Å². The largest absolute Gasteiger partial charge is 0.493 e. The lowest BCUT2D eigenvalue weighted by molar-refractivity contribution is 0.284. The van der Waals surface area contributed by atoms with Crippen molar-refractivity contribution in [2.75, 3.05) is 12.5 Å². The first-order valence-electron chi connectivity index (χ1n) is 8.46. The Hall–Kier alpha value is -3.27. The number of hydrazone groups is 1. The van der Waals surface area contributed by atoms with E-state index in [2.05, 4.69) is 10.5 Å². The van der Waals surface area contributed by atoms with E-state index >= 15 is 0 Å². The SMILES string of the molecule is COc1cc(/C=N\Nc2ccccc2C)ccc1OCc1ccccc1. The molecule has 3 aromatic rings. The van der Waals surface area contributed by atoms with Crippen LogP contribution < -0.4 is 14.9 Å². The van der Waals surface area contributed by atoms with Gasteiger partial charge in [0.05, 0.1) is 19.0 Å². The van der Waals surface area contributed by atoms with E-state index in [0.717, 1.165) is 22.4 Å². The van der Waals surface area contributed by atoms with Gasteiger partial charge in [-0.15, -0.1) is 0 Å². The molecular formula is C22H22N2O2. The normalized spacial score (nSPS) is 10.7. The summed E-state index contributed by atoms with van der Waals surface area (Å²) < 4.78 is 11.3. The molecule has 0 aliphatic carbocycles. The van der Waals surface area contributed by atoms with Crippen molar-refractivity contribution in [3.8, 4) is 11.5 Å². The molecular weight excluding hydrogens is 324 g/mol. The number of aryl methyl sites for hydroxylation is 1. The summed E-state index contributed by atoms with van der Waals surface area (Å²) in [4.78, 5) is 0. The van der Waals surface area contributed by atoms with Gasteiger partial charge in [-0.25, -0.2) is 0 Å². The summed E-state index contributed by atoms with van der Waals surface area (Å²) >= 11 is 0. The molecule has 132 valence electrons. The van der Waals surface area contributed by atoms with Gasteiger partial charge in [0.2, 0.25) is 0 Å². The van der Waals surface area contributed by atoms with Gasteiger partial charge in [0.15, 0.2) is 11.5 Å². The fourth-order valence-electron chi connectivity index (χ4n) is 2.49. The zero-order chi connectivity index (χ0) is 18.2. The number of hydrogen-bond donors (Lipinski definition) is 1. The monoisotopic (exact) mass is 346 g/mol. The van der Waals surface area contributed by atoms with E-state index < -0.39 is 0 Å². The average molecular weight is 346 g/mol. The second-order valence-corrected chi connectivity index (χ2v) is 5.87. The van der Waals surface area contributed by atoms with E-state index in [4.69, 9.17) is 9.47 Å². The van der Waals surface area contributed by atoms with Crippen LogP contribution in [0.1, 0.15) is 16.7 Å². The van der Waals surface area contributed by atoms with E-state index in [1.54, 1.807) is 13.3 Å². The topological polar surface area (TPSA) is 42.8 Å². The summed E-state index contributed by atoms with van der Waals surface area (Å²) in [7, 11) is 1.64. The van der Waals surface area contributed by atoms with Crippen LogP contribution >= 0.6 is 0 Å². The highest BCUT2D eigenvalue weighted by Gasteiger charge is 2.05. The van der Waals surface area contributed by atoms with E-state index in [1.165, 1.54) is 0 Å². The molecule has 0 atom stereocenters. The molecule has 0 spiro atoms. The molecule has 3 aromatic carbocycles. The molecule has 0 heterocycles. The summed E-state index contributed by atoms with van der Waals surface area (Å²) in [5.74, 6) is 1.39. The maximum absolute atomic E-state index is 5.87. The number of anilines is 1. The average Bonchev–Trinajstić information content (AvgIpc) is 2.69. The van der Waals surface area contributed by atoms with Gasteiger partial charge in [-0.3, -0.25) is 5.43 Å². The van der Waals surface area contributed by atoms with Gasteiger partial charge in [-0.1, -0.05) is 48.5 Å². The first-order chi connectivity index (χ1) is 12.8. The van der Waals surface area contributed by atoms with Crippen LogP contribution in [0.25, 0.3) is 0 Å². The van der Waals surface area contributed by atoms with E-state index in [9.17, 15) is 0 Å². The van der Waals surface area contributed by atoms with Crippen molar-refractivity contribution in [2.24, 2.45) is 5.10 Å². The third-order valence-electron chi connectivity index (χ3n) is 3.97. The van der Waals surface area contributed by atoms with Crippen LogP contribution in [0.4, 0.5) is 5.69 Å². The lowest BCUT2D eigenvalue weighted by Crippen LogP contribution is -1.98. The van der Waals surface area contributed by atoms with E-state index in [-0.39, 0.29) is 0 Å². The van der Waals surface area contributed by atoms with Crippen molar-refractivity contribution >= 4 is 11.9 Å². The Morgan fingerprint density at radius 2 is 1.69 bits per heavy atom. The second kappa shape index (κ2) is 8.72. The minimum atomic E-state index is 0.499. The van der Waals surface area contributed by atoms with Gasteiger partial charge in [-0.05, 0) is 47.9 Å². The molecule has 0 aliphatic rings. The zero-order valence-corrected chi connectivity index (χ0v) is 15.0. The van der Waals surface area contributed by atoms with Crippen LogP contribution in [0.5, 0.6) is 11.5 Å². The smallest absolute Gasteiger partial charge is 0.161 e. The molecule has 0 aromatic heterocycles. The molecule has 0 saturated carbocycles. The van der Waals surface area contributed by atoms with Gasteiger partial charge in [0, 0.05) is 0 Å². The van der Waals surface area contributed by atoms with E-state index in [0.29, 0.717) is 18.1 Å². The lowest BCUT2D eigenvalue weighted by atomic mass is 10.2. The third-order valence-corrected chi connectivity index (χ3v) is 3.97. The first kappa shape index (κ1) is 17.5. The van der Waals surface area contributed by atoms with Crippen LogP contribution in [-0.2, 0) is 6.61 Å². The molecule has 26 heavy (non-hydrogen) atoms. The Morgan fingerprint density at radius 3 is 2.46 bits per heavy atom. The molecule has 0 bridgehead atoms. The molecule has 0 fully saturated rings. The Morgan fingerprint density at radius 1 is 0.923 bits per heavy atom. The summed E-state index contributed by atoms with van der Waals surface area (Å²) in [5, 5.41) is 4.30. The zero-order valence-electron chi connectivity index (χ0n) is 15.0. The van der Waals surface area contributed by atoms with Crippen molar-refractivity contribution in [3.63, 3.8) is 0 Å². The standard InChI is InChI=1S/C22H22N2O2/c1-17-8-6-7-11-20(17)24-23-15-19-12-13-21(22(14-19)25-2)26-16-18-9-4-3-5-10-18/h3-15,24H,16H2,1-2H3/b23-15-. The van der Waals surface area contributed by atoms with Crippen molar-refractivity contribution in [1.82, 2.24) is 0 Å². The fourth-order valence-corrected chi connectivity index (χ4v) is 2.49. The molecule has 0 radical (unpaired) electrons. The minimum Gasteiger partial charge on any atom is -0.493 e. The summed E-state index contributed by atoms with van der Waals surface area (Å²) in [6, 6.07) is 23.8. The van der Waals surface area contributed by atoms with Crippen molar-refractivity contribution in [3.05, 3.63) is 89.5 Å². The van der Waals surface area contributed by atoms with Crippen LogP contribution in [0.2, 0.25) is 0 Å². The van der Waals surface area contributed by atoms with Gasteiger partial charge >= 0.3 is 0 Å². The molecule has 1 N–H and O–H groups in total. The highest BCUT2D eigenvalue weighted by Crippen LogP contribution is 2.28. The molecule has 0 unspecified atom stereocenters. The van der Waals surface area contributed by atoms with Crippen molar-refractivity contribution in [1.29, 1.82) is 0 Å². The van der Waals surface area contributed by atoms with Gasteiger partial charge in [-0.2, -0.15) is 5.10 Å². The molecule has 0 aliphatic heterocycles. The van der Waals surface area contributed by atoms with Crippen LogP contribution in [0.15, 0.2) is 77.9 Å². The Bertz CT molecular complexity index is 876. The Labute approximate surface area is 154 Å². The molecule has 4 nitrogen and oxygen atoms in total. The van der Waals surface area contributed by atoms with Crippen molar-refractivity contribution < 1.29 is 9.47 Å². The summed E-state index contributed by atoms with van der Waals surface area (Å²) in [6.45, 7) is 2.54. The lowest BCUT2D eigenvalue weighted by Gasteiger charge is -2.11. The van der Waals surface area contributed by atoms with Gasteiger partial charge in [0.1, 0.15) is 6.61 Å². The Kier molecular flexibility index (Phi) is 5.88. The second-order valence-electron chi connectivity index (χ2n) is 5.87. The predicted molar refractivity (Wildman–Crippen MR) is 106 cm³/mol. The fraction of sp³-hybridized carbons (Fsp3) is 0.136. The minimum absolute atomic E-state index is 0.499. The maximum atomic E-state index is 5.87. The number of ether oxygens (including phenoxy) is 2. The number of nitrogens with one attached hydrogen (secondary N) is 1. The first-order valence-corrected chi connectivity index (χ1v) is 8.46. The number of benzene rings is 3. The number of hydrogen-bond acceptors (Lipinski definition) is 4. The molecule has 0 saturated heterocycles. The maximum Gasteiger partial charge on any atom is 0.161 e. The number of nitrogens with zero attached hydrogens (tertiary/aromatic N) is 1. The molecule has 0 amide bonds. The van der Waals surface area contributed by atoms with E-state index in [1.807, 2.05) is 79.7 Å². The summed E-state index contributed by atoms with van der Waals surface area (Å²) in [5.41, 5.74) is 7.23. The quantitative estimate of drug-likeness (QED) is 0.482. The molecule has 3 rings (SSSR count). The van der Waals surface area contributed by atoms with Crippen LogP contribution in [-0.4, -0.2) is 13.3 Å². The summed E-state index contributed by atoms with van der Waals surface area (Å²) in [6.07, 6.45) is 1.76. The third kappa shape index (κ3) is 4.63. The number of methoxy groups -OCH3 is 1. The number of para-hydroxylation sites is 1. The van der Waals surface area contributed by atoms with Crippen molar-refractivity contribution in [2.45, 2.75) is 13.5 Å². The Balaban J connectivity index is 1.66. The van der Waals surface area contributed by atoms with Gasteiger partial charge in [0.25, 0.3) is 0 Å². The highest BCUT2D eigenvalue weighted by molar-refractivity contribution is 5.81. The van der Waals surface area contributed by atoms with Crippen LogP contribution in [0, 0.1) is 6.92 Å². The number of rotatable bonds is 7. The predicted octanol–water partition coefficient (Wildman–Crippen LogP) is 5.03. The van der Waals surface area contributed by atoms with Crippen LogP contribution in [0.3, 0.4) is 0 Å². The highest BCUT2D eigenvalue weighted by atomic mass is 16.5. The molecule has 4 heteroatoms.